The van der Waals surface area contributed by atoms with Crippen LogP contribution in [0.1, 0.15) is 42.0 Å². The standard InChI is InChI=1S/C29H32Cl2N2O2/c1-3-4-17-32-29(35)27(18-22-9-6-5-7-10-22)33(20-24-25(30)11-8-12-26(24)31)28(34)19-23-15-13-21(2)14-16-23/h5-16,27H,3-4,17-20H2,1-2H3,(H,32,35)/t27-/m1/s1. The molecule has 0 fully saturated rings. The number of carbonyl (C=O) groups is 2. The van der Waals surface area contributed by atoms with E-state index in [0.717, 1.165) is 29.5 Å². The Bertz CT molecular complexity index is 1100. The number of amides is 2. The van der Waals surface area contributed by atoms with E-state index in [1.807, 2.05) is 61.5 Å². The number of benzene rings is 3. The van der Waals surface area contributed by atoms with Crippen LogP contribution in [0.5, 0.6) is 0 Å². The second-order valence-electron chi connectivity index (χ2n) is 8.73. The van der Waals surface area contributed by atoms with Crippen LogP contribution in [-0.4, -0.2) is 29.3 Å². The quantitative estimate of drug-likeness (QED) is 0.303. The van der Waals surface area contributed by atoms with Crippen LogP contribution in [0.3, 0.4) is 0 Å². The Morgan fingerprint density at radius 2 is 1.54 bits per heavy atom. The van der Waals surface area contributed by atoms with Crippen LogP contribution in [0, 0.1) is 6.92 Å². The zero-order valence-corrected chi connectivity index (χ0v) is 21.8. The summed E-state index contributed by atoms with van der Waals surface area (Å²) in [6.45, 7) is 4.79. The molecule has 6 heteroatoms. The average Bonchev–Trinajstić information content (AvgIpc) is 2.85. The van der Waals surface area contributed by atoms with Crippen molar-refractivity contribution in [1.29, 1.82) is 0 Å². The SMILES string of the molecule is CCCCNC(=O)[C@@H](Cc1ccccc1)N(Cc1c(Cl)cccc1Cl)C(=O)Cc1ccc(C)cc1. The molecule has 0 heterocycles. The van der Waals surface area contributed by atoms with Gasteiger partial charge in [-0.3, -0.25) is 9.59 Å². The van der Waals surface area contributed by atoms with E-state index in [1.165, 1.54) is 0 Å². The Hall–Kier alpha value is -2.82. The van der Waals surface area contributed by atoms with Crippen molar-refractivity contribution in [3.8, 4) is 0 Å². The van der Waals surface area contributed by atoms with Gasteiger partial charge < -0.3 is 10.2 Å². The highest BCUT2D eigenvalue weighted by molar-refractivity contribution is 6.36. The molecule has 1 N–H and O–H groups in total. The topological polar surface area (TPSA) is 49.4 Å². The second kappa shape index (κ2) is 13.3. The highest BCUT2D eigenvalue weighted by Crippen LogP contribution is 2.27. The van der Waals surface area contributed by atoms with Crippen LogP contribution in [0.2, 0.25) is 10.0 Å². The van der Waals surface area contributed by atoms with Gasteiger partial charge in [0.05, 0.1) is 6.42 Å². The van der Waals surface area contributed by atoms with E-state index in [1.54, 1.807) is 23.1 Å². The number of rotatable bonds is 11. The molecule has 0 aromatic heterocycles. The normalized spacial score (nSPS) is 11.7. The summed E-state index contributed by atoms with van der Waals surface area (Å²) >= 11 is 13.0. The summed E-state index contributed by atoms with van der Waals surface area (Å²) < 4.78 is 0. The van der Waals surface area contributed by atoms with Crippen LogP contribution in [0.4, 0.5) is 0 Å². The third-order valence-electron chi connectivity index (χ3n) is 5.97. The second-order valence-corrected chi connectivity index (χ2v) is 9.55. The zero-order valence-electron chi connectivity index (χ0n) is 20.3. The highest BCUT2D eigenvalue weighted by atomic mass is 35.5. The van der Waals surface area contributed by atoms with E-state index in [4.69, 9.17) is 23.2 Å². The summed E-state index contributed by atoms with van der Waals surface area (Å²) in [7, 11) is 0. The van der Waals surface area contributed by atoms with E-state index < -0.39 is 6.04 Å². The lowest BCUT2D eigenvalue weighted by Gasteiger charge is -2.32. The van der Waals surface area contributed by atoms with Crippen LogP contribution in [0.15, 0.2) is 72.8 Å². The van der Waals surface area contributed by atoms with Crippen molar-refractivity contribution in [1.82, 2.24) is 10.2 Å². The summed E-state index contributed by atoms with van der Waals surface area (Å²) in [5, 5.41) is 3.96. The fourth-order valence-corrected chi connectivity index (χ4v) is 4.41. The fraction of sp³-hybridized carbons (Fsp3) is 0.310. The van der Waals surface area contributed by atoms with E-state index in [-0.39, 0.29) is 24.8 Å². The lowest BCUT2D eigenvalue weighted by molar-refractivity contribution is -0.140. The maximum atomic E-state index is 13.8. The molecule has 1 atom stereocenters. The van der Waals surface area contributed by atoms with Gasteiger partial charge in [0.15, 0.2) is 0 Å². The number of carbonyl (C=O) groups excluding carboxylic acids is 2. The molecule has 184 valence electrons. The molecular weight excluding hydrogens is 479 g/mol. The summed E-state index contributed by atoms with van der Waals surface area (Å²) in [6, 6.07) is 22.2. The highest BCUT2D eigenvalue weighted by Gasteiger charge is 2.31. The van der Waals surface area contributed by atoms with Gasteiger partial charge in [0.25, 0.3) is 0 Å². The van der Waals surface area contributed by atoms with Crippen molar-refractivity contribution in [2.45, 2.75) is 52.1 Å². The van der Waals surface area contributed by atoms with Crippen molar-refractivity contribution in [3.63, 3.8) is 0 Å². The van der Waals surface area contributed by atoms with Gasteiger partial charge in [-0.25, -0.2) is 0 Å². The van der Waals surface area contributed by atoms with E-state index in [2.05, 4.69) is 12.2 Å². The maximum Gasteiger partial charge on any atom is 0.243 e. The van der Waals surface area contributed by atoms with Crippen LogP contribution in [0.25, 0.3) is 0 Å². The molecule has 3 rings (SSSR count). The number of aryl methyl sites for hydroxylation is 1. The van der Waals surface area contributed by atoms with E-state index in [0.29, 0.717) is 28.6 Å². The predicted molar refractivity (Wildman–Crippen MR) is 144 cm³/mol. The molecule has 4 nitrogen and oxygen atoms in total. The molecule has 0 radical (unpaired) electrons. The molecule has 3 aromatic rings. The van der Waals surface area contributed by atoms with E-state index in [9.17, 15) is 9.59 Å². The van der Waals surface area contributed by atoms with Gasteiger partial charge >= 0.3 is 0 Å². The van der Waals surface area contributed by atoms with Crippen LogP contribution in [-0.2, 0) is 29.0 Å². The number of nitrogens with zero attached hydrogens (tertiary/aromatic N) is 1. The van der Waals surface area contributed by atoms with Gasteiger partial charge in [0.2, 0.25) is 11.8 Å². The van der Waals surface area contributed by atoms with Crippen molar-refractivity contribution in [3.05, 3.63) is 105 Å². The van der Waals surface area contributed by atoms with Crippen LogP contribution >= 0.6 is 23.2 Å². The van der Waals surface area contributed by atoms with Crippen LogP contribution < -0.4 is 5.32 Å². The Kier molecular flexibility index (Phi) is 10.2. The predicted octanol–water partition coefficient (Wildman–Crippen LogP) is 6.40. The number of hydrogen-bond acceptors (Lipinski definition) is 2. The summed E-state index contributed by atoms with van der Waals surface area (Å²) in [5.74, 6) is -0.334. The molecule has 2 amide bonds. The Morgan fingerprint density at radius 3 is 2.17 bits per heavy atom. The average molecular weight is 511 g/mol. The monoisotopic (exact) mass is 510 g/mol. The first-order valence-electron chi connectivity index (χ1n) is 12.0. The first kappa shape index (κ1) is 26.8. The molecule has 0 aliphatic rings. The Morgan fingerprint density at radius 1 is 0.886 bits per heavy atom. The fourth-order valence-electron chi connectivity index (χ4n) is 3.90. The molecule has 0 aliphatic heterocycles. The molecule has 35 heavy (non-hydrogen) atoms. The molecule has 0 aliphatic carbocycles. The molecular formula is C29H32Cl2N2O2. The summed E-state index contributed by atoms with van der Waals surface area (Å²) in [5.41, 5.74) is 3.62. The van der Waals surface area contributed by atoms with Gasteiger partial charge in [-0.1, -0.05) is 103 Å². The largest absolute Gasteiger partial charge is 0.354 e. The minimum atomic E-state index is -0.709. The van der Waals surface area contributed by atoms with Crippen molar-refractivity contribution >= 4 is 35.0 Å². The minimum absolute atomic E-state index is 0.141. The lowest BCUT2D eigenvalue weighted by atomic mass is 10.0. The molecule has 0 saturated heterocycles. The third kappa shape index (κ3) is 7.84. The Labute approximate surface area is 218 Å². The van der Waals surface area contributed by atoms with Gasteiger partial charge in [0, 0.05) is 35.1 Å². The van der Waals surface area contributed by atoms with Crippen molar-refractivity contribution in [2.24, 2.45) is 0 Å². The molecule has 0 unspecified atom stereocenters. The van der Waals surface area contributed by atoms with Gasteiger partial charge in [-0.05, 0) is 36.6 Å². The summed E-state index contributed by atoms with van der Waals surface area (Å²) in [4.78, 5) is 28.8. The number of unbranched alkanes of at least 4 members (excludes halogenated alkanes) is 1. The van der Waals surface area contributed by atoms with E-state index >= 15 is 0 Å². The lowest BCUT2D eigenvalue weighted by Crippen LogP contribution is -2.51. The maximum absolute atomic E-state index is 13.8. The Balaban J connectivity index is 1.98. The summed E-state index contributed by atoms with van der Waals surface area (Å²) in [6.07, 6.45) is 2.41. The zero-order chi connectivity index (χ0) is 25.2. The number of hydrogen-bond donors (Lipinski definition) is 1. The van der Waals surface area contributed by atoms with Crippen molar-refractivity contribution < 1.29 is 9.59 Å². The first-order valence-corrected chi connectivity index (χ1v) is 12.7. The molecule has 3 aromatic carbocycles. The smallest absolute Gasteiger partial charge is 0.243 e. The van der Waals surface area contributed by atoms with Gasteiger partial charge in [-0.15, -0.1) is 0 Å². The van der Waals surface area contributed by atoms with Gasteiger partial charge in [0.1, 0.15) is 6.04 Å². The molecule has 0 spiro atoms. The third-order valence-corrected chi connectivity index (χ3v) is 6.67. The number of nitrogens with one attached hydrogen (secondary N) is 1. The minimum Gasteiger partial charge on any atom is -0.354 e. The first-order chi connectivity index (χ1) is 16.9. The number of halogens is 2. The van der Waals surface area contributed by atoms with Crippen molar-refractivity contribution in [2.75, 3.05) is 6.54 Å². The van der Waals surface area contributed by atoms with Gasteiger partial charge in [-0.2, -0.15) is 0 Å². The molecule has 0 bridgehead atoms. The molecule has 0 saturated carbocycles.